The second-order valence-corrected chi connectivity index (χ2v) is 3.67. The van der Waals surface area contributed by atoms with E-state index < -0.39 is 11.8 Å². The lowest BCUT2D eigenvalue weighted by Crippen LogP contribution is -2.00. The van der Waals surface area contributed by atoms with Gasteiger partial charge in [-0.2, -0.15) is 0 Å². The Hall–Kier alpha value is -1.88. The van der Waals surface area contributed by atoms with Gasteiger partial charge in [-0.3, -0.25) is 0 Å². The Morgan fingerprint density at radius 2 is 2.18 bits per heavy atom. The van der Waals surface area contributed by atoms with E-state index in [0.717, 1.165) is 6.07 Å². The zero-order valence-corrected chi connectivity index (χ0v) is 9.45. The van der Waals surface area contributed by atoms with Crippen molar-refractivity contribution in [2.45, 2.75) is 0 Å². The highest BCUT2D eigenvalue weighted by atomic mass is 35.5. The molecule has 0 radical (unpaired) electrons. The Kier molecular flexibility index (Phi) is 2.85. The highest BCUT2D eigenvalue weighted by molar-refractivity contribution is 6.32. The third-order valence-corrected chi connectivity index (χ3v) is 2.54. The van der Waals surface area contributed by atoms with E-state index in [1.54, 1.807) is 0 Å². The Bertz CT molecular complexity index is 615. The van der Waals surface area contributed by atoms with Gasteiger partial charge in [0, 0.05) is 11.5 Å². The van der Waals surface area contributed by atoms with Gasteiger partial charge in [0.15, 0.2) is 0 Å². The van der Waals surface area contributed by atoms with Gasteiger partial charge < -0.3 is 9.84 Å². The average Bonchev–Trinajstić information content (AvgIpc) is 2.27. The minimum Gasteiger partial charge on any atom is -0.494 e. The normalized spacial score (nSPS) is 10.5. The van der Waals surface area contributed by atoms with Crippen molar-refractivity contribution in [3.8, 4) is 5.75 Å². The number of nitrogens with zero attached hydrogens (tertiary/aromatic N) is 1. The number of hydrogen-bond donors (Lipinski definition) is 1. The van der Waals surface area contributed by atoms with E-state index in [4.69, 9.17) is 21.4 Å². The van der Waals surface area contributed by atoms with Gasteiger partial charge in [0.25, 0.3) is 0 Å². The molecule has 2 aromatic rings. The molecule has 1 heterocycles. The smallest absolute Gasteiger partial charge is 0.338 e. The molecule has 17 heavy (non-hydrogen) atoms. The summed E-state index contributed by atoms with van der Waals surface area (Å²) in [5, 5.41) is 9.04. The van der Waals surface area contributed by atoms with Gasteiger partial charge in [0.05, 0.1) is 12.7 Å². The number of carboxylic acid groups (broad SMARTS) is 1. The number of ether oxygens (including phenoxy) is 1. The van der Waals surface area contributed by atoms with E-state index in [0.29, 0.717) is 10.9 Å². The molecule has 4 nitrogen and oxygen atoms in total. The molecule has 0 aliphatic rings. The predicted octanol–water partition coefficient (Wildman–Crippen LogP) is 2.73. The molecular weight excluding hydrogens is 249 g/mol. The lowest BCUT2D eigenvalue weighted by molar-refractivity contribution is 0.0697. The van der Waals surface area contributed by atoms with Crippen LogP contribution < -0.4 is 4.74 Å². The largest absolute Gasteiger partial charge is 0.494 e. The molecule has 0 saturated heterocycles. The number of carbonyl (C=O) groups is 1. The van der Waals surface area contributed by atoms with Crippen LogP contribution in [0, 0.1) is 5.82 Å². The van der Waals surface area contributed by atoms with Crippen LogP contribution in [0.15, 0.2) is 18.2 Å². The van der Waals surface area contributed by atoms with Crippen LogP contribution in [0.5, 0.6) is 5.75 Å². The number of aromatic nitrogens is 1. The van der Waals surface area contributed by atoms with Crippen LogP contribution >= 0.6 is 11.6 Å². The zero-order chi connectivity index (χ0) is 12.6. The fourth-order valence-corrected chi connectivity index (χ4v) is 1.72. The summed E-state index contributed by atoms with van der Waals surface area (Å²) < 4.78 is 18.2. The van der Waals surface area contributed by atoms with Crippen LogP contribution in [0.4, 0.5) is 4.39 Å². The van der Waals surface area contributed by atoms with Crippen molar-refractivity contribution < 1.29 is 19.0 Å². The second-order valence-electron chi connectivity index (χ2n) is 3.31. The quantitative estimate of drug-likeness (QED) is 0.838. The van der Waals surface area contributed by atoms with E-state index in [2.05, 4.69) is 4.98 Å². The van der Waals surface area contributed by atoms with E-state index in [1.807, 2.05) is 0 Å². The van der Waals surface area contributed by atoms with Crippen LogP contribution in [0.2, 0.25) is 5.15 Å². The number of methoxy groups -OCH3 is 1. The van der Waals surface area contributed by atoms with Gasteiger partial charge >= 0.3 is 5.97 Å². The average molecular weight is 256 g/mol. The molecule has 0 aliphatic heterocycles. The number of benzene rings is 1. The second kappa shape index (κ2) is 4.18. The molecule has 88 valence electrons. The molecule has 0 spiro atoms. The first-order chi connectivity index (χ1) is 8.02. The number of fused-ring (bicyclic) bond motifs is 1. The van der Waals surface area contributed by atoms with E-state index in [-0.39, 0.29) is 16.5 Å². The van der Waals surface area contributed by atoms with Crippen LogP contribution in [-0.4, -0.2) is 23.2 Å². The fraction of sp³-hybridized carbons (Fsp3) is 0.0909. The number of halogens is 2. The van der Waals surface area contributed by atoms with Crippen molar-refractivity contribution in [2.24, 2.45) is 0 Å². The van der Waals surface area contributed by atoms with Crippen LogP contribution in [0.1, 0.15) is 10.4 Å². The maximum absolute atomic E-state index is 13.2. The van der Waals surface area contributed by atoms with Crippen LogP contribution in [-0.2, 0) is 0 Å². The molecule has 0 fully saturated rings. The van der Waals surface area contributed by atoms with Gasteiger partial charge in [-0.1, -0.05) is 11.6 Å². The zero-order valence-electron chi connectivity index (χ0n) is 8.70. The number of rotatable bonds is 2. The highest BCUT2D eigenvalue weighted by Gasteiger charge is 2.14. The summed E-state index contributed by atoms with van der Waals surface area (Å²) in [6, 6.07) is 3.60. The number of carboxylic acids is 1. The van der Waals surface area contributed by atoms with Crippen molar-refractivity contribution >= 4 is 28.5 Å². The molecule has 0 amide bonds. The molecule has 0 aliphatic carbocycles. The number of hydrogen-bond acceptors (Lipinski definition) is 3. The third-order valence-electron chi connectivity index (χ3n) is 2.25. The Labute approximate surface area is 101 Å². The van der Waals surface area contributed by atoms with Crippen molar-refractivity contribution in [1.29, 1.82) is 0 Å². The highest BCUT2D eigenvalue weighted by Crippen LogP contribution is 2.28. The Balaban J connectivity index is 2.82. The Morgan fingerprint density at radius 1 is 1.47 bits per heavy atom. The van der Waals surface area contributed by atoms with Crippen molar-refractivity contribution in [3.05, 3.63) is 34.7 Å². The lowest BCUT2D eigenvalue weighted by Gasteiger charge is -2.07. The van der Waals surface area contributed by atoms with Gasteiger partial charge in [0.1, 0.15) is 22.2 Å². The fourth-order valence-electron chi connectivity index (χ4n) is 1.50. The summed E-state index contributed by atoms with van der Waals surface area (Å²) in [6.45, 7) is 0. The first-order valence-electron chi connectivity index (χ1n) is 4.60. The molecule has 2 rings (SSSR count). The molecule has 0 saturated carbocycles. The molecule has 0 unspecified atom stereocenters. The maximum atomic E-state index is 13.2. The number of aromatic carboxylic acids is 1. The molecule has 1 N–H and O–H groups in total. The van der Waals surface area contributed by atoms with Crippen molar-refractivity contribution in [3.63, 3.8) is 0 Å². The summed E-state index contributed by atoms with van der Waals surface area (Å²) in [5.74, 6) is -1.54. The number of pyridine rings is 1. The van der Waals surface area contributed by atoms with Crippen LogP contribution in [0.3, 0.4) is 0 Å². The van der Waals surface area contributed by atoms with E-state index in [1.165, 1.54) is 19.2 Å². The van der Waals surface area contributed by atoms with Gasteiger partial charge in [-0.25, -0.2) is 14.2 Å². The molecule has 0 bridgehead atoms. The third kappa shape index (κ3) is 2.01. The summed E-state index contributed by atoms with van der Waals surface area (Å²) in [7, 11) is 1.37. The first kappa shape index (κ1) is 11.6. The summed E-state index contributed by atoms with van der Waals surface area (Å²) in [5.41, 5.74) is 0.149. The topological polar surface area (TPSA) is 59.4 Å². The van der Waals surface area contributed by atoms with Crippen molar-refractivity contribution in [2.75, 3.05) is 7.11 Å². The van der Waals surface area contributed by atoms with Gasteiger partial charge in [0.2, 0.25) is 0 Å². The molecule has 1 aromatic carbocycles. The van der Waals surface area contributed by atoms with Gasteiger partial charge in [-0.15, -0.1) is 0 Å². The predicted molar refractivity (Wildman–Crippen MR) is 60.2 cm³/mol. The SMILES string of the molecule is COc1cc(F)cc2cc(C(=O)O)c(Cl)nc12. The first-order valence-corrected chi connectivity index (χ1v) is 4.98. The monoisotopic (exact) mass is 255 g/mol. The molecular formula is C11H7ClFNO3. The molecule has 0 atom stereocenters. The van der Waals surface area contributed by atoms with E-state index >= 15 is 0 Å². The standard InChI is InChI=1S/C11H7ClFNO3/c1-17-8-4-6(13)2-5-3-7(11(15)16)10(12)14-9(5)8/h2-4H,1H3,(H,15,16). The van der Waals surface area contributed by atoms with Crippen molar-refractivity contribution in [1.82, 2.24) is 4.98 Å². The Morgan fingerprint density at radius 3 is 2.76 bits per heavy atom. The minimum absolute atomic E-state index is 0.157. The molecule has 1 aromatic heterocycles. The summed E-state index contributed by atoms with van der Waals surface area (Å²) in [6.07, 6.45) is 0. The minimum atomic E-state index is -1.22. The summed E-state index contributed by atoms with van der Waals surface area (Å²) in [4.78, 5) is 14.8. The van der Waals surface area contributed by atoms with Gasteiger partial charge in [-0.05, 0) is 12.1 Å². The molecule has 6 heteroatoms. The lowest BCUT2D eigenvalue weighted by atomic mass is 10.1. The maximum Gasteiger partial charge on any atom is 0.338 e. The van der Waals surface area contributed by atoms with E-state index in [9.17, 15) is 9.18 Å². The van der Waals surface area contributed by atoms with Crippen LogP contribution in [0.25, 0.3) is 10.9 Å². The summed E-state index contributed by atoms with van der Waals surface area (Å²) >= 11 is 5.73.